The van der Waals surface area contributed by atoms with Crippen molar-refractivity contribution in [2.45, 2.75) is 6.17 Å². The molecule has 0 heterocycles. The summed E-state index contributed by atoms with van der Waals surface area (Å²) in [5.41, 5.74) is 0.226. The van der Waals surface area contributed by atoms with Gasteiger partial charge in [-0.3, -0.25) is 4.79 Å². The zero-order valence-corrected chi connectivity index (χ0v) is 6.20. The summed E-state index contributed by atoms with van der Waals surface area (Å²) in [6.45, 7) is 0. The largest absolute Gasteiger partial charge is 0.279 e. The maximum Gasteiger partial charge on any atom is 0.270 e. The van der Waals surface area contributed by atoms with E-state index in [-0.39, 0.29) is 5.56 Å². The number of nitrogens with zero attached hydrogens (tertiary/aromatic N) is 1. The van der Waals surface area contributed by atoms with Crippen LogP contribution >= 0.6 is 0 Å². The van der Waals surface area contributed by atoms with Gasteiger partial charge in [0, 0.05) is 0 Å². The van der Waals surface area contributed by atoms with Crippen molar-refractivity contribution < 1.29 is 9.18 Å². The van der Waals surface area contributed by atoms with Gasteiger partial charge in [-0.1, -0.05) is 30.3 Å². The van der Waals surface area contributed by atoms with Crippen LogP contribution in [0.1, 0.15) is 11.7 Å². The molecule has 0 saturated carbocycles. The van der Waals surface area contributed by atoms with Crippen LogP contribution in [0.25, 0.3) is 0 Å². The van der Waals surface area contributed by atoms with Gasteiger partial charge in [-0.05, 0) is 5.56 Å². The predicted molar refractivity (Wildman–Crippen MR) is 40.9 cm³/mol. The van der Waals surface area contributed by atoms with E-state index in [0.717, 1.165) is 0 Å². The molecule has 0 spiro atoms. The van der Waals surface area contributed by atoms with E-state index >= 15 is 0 Å². The Hall–Kier alpha value is -1.69. The molecule has 0 aromatic heterocycles. The summed E-state index contributed by atoms with van der Waals surface area (Å²) in [6.07, 6.45) is -1.81. The molecule has 0 fully saturated rings. The van der Waals surface area contributed by atoms with Crippen LogP contribution < -0.4 is 0 Å². The first-order valence-corrected chi connectivity index (χ1v) is 3.38. The topological polar surface area (TPSA) is 40.9 Å². The van der Waals surface area contributed by atoms with Crippen molar-refractivity contribution in [2.75, 3.05) is 0 Å². The van der Waals surface area contributed by atoms with E-state index in [4.69, 9.17) is 5.26 Å². The second-order valence-electron chi connectivity index (χ2n) is 2.25. The van der Waals surface area contributed by atoms with Gasteiger partial charge in [0.25, 0.3) is 5.78 Å². The smallest absolute Gasteiger partial charge is 0.270 e. The van der Waals surface area contributed by atoms with Crippen LogP contribution in [0.3, 0.4) is 0 Å². The standard InChI is InChI=1S/C9H6FNO/c10-9(8(12)6-11)7-4-2-1-3-5-7/h1-5,9H. The van der Waals surface area contributed by atoms with Gasteiger partial charge in [0.15, 0.2) is 6.17 Å². The number of alkyl halides is 1. The third kappa shape index (κ3) is 1.67. The van der Waals surface area contributed by atoms with Gasteiger partial charge in [-0.2, -0.15) is 5.26 Å². The molecular formula is C9H6FNO. The van der Waals surface area contributed by atoms with Crippen LogP contribution in [-0.2, 0) is 4.79 Å². The molecule has 0 saturated heterocycles. The summed E-state index contributed by atoms with van der Waals surface area (Å²) >= 11 is 0. The van der Waals surface area contributed by atoms with Gasteiger partial charge in [0.1, 0.15) is 6.07 Å². The van der Waals surface area contributed by atoms with E-state index in [1.807, 2.05) is 0 Å². The first-order valence-electron chi connectivity index (χ1n) is 3.38. The molecule has 1 aromatic rings. The van der Waals surface area contributed by atoms with Crippen LogP contribution in [0.2, 0.25) is 0 Å². The number of carbonyl (C=O) groups is 1. The molecule has 3 heteroatoms. The third-order valence-corrected chi connectivity index (χ3v) is 1.43. The molecule has 0 bridgehead atoms. The number of hydrogen-bond acceptors (Lipinski definition) is 2. The molecule has 1 aromatic carbocycles. The number of Topliss-reactive ketones (excluding diaryl/α,β-unsaturated/α-hetero) is 1. The number of rotatable bonds is 2. The van der Waals surface area contributed by atoms with Gasteiger partial charge < -0.3 is 0 Å². The summed E-state index contributed by atoms with van der Waals surface area (Å²) in [7, 11) is 0. The molecule has 0 radical (unpaired) electrons. The predicted octanol–water partition coefficient (Wildman–Crippen LogP) is 1.79. The summed E-state index contributed by atoms with van der Waals surface area (Å²) in [6, 6.07) is 9.14. The van der Waals surface area contributed by atoms with Crippen molar-refractivity contribution in [3.05, 3.63) is 35.9 Å². The normalized spacial score (nSPS) is 11.7. The van der Waals surface area contributed by atoms with Crippen molar-refractivity contribution >= 4 is 5.78 Å². The van der Waals surface area contributed by atoms with Gasteiger partial charge in [-0.15, -0.1) is 0 Å². The van der Waals surface area contributed by atoms with Crippen molar-refractivity contribution in [3.63, 3.8) is 0 Å². The summed E-state index contributed by atoms with van der Waals surface area (Å²) in [5.74, 6) is -1.05. The Morgan fingerprint density at radius 2 is 2.00 bits per heavy atom. The fourth-order valence-corrected chi connectivity index (χ4v) is 0.830. The Labute approximate surface area is 69.2 Å². The minimum atomic E-state index is -1.81. The molecule has 0 amide bonds. The third-order valence-electron chi connectivity index (χ3n) is 1.43. The van der Waals surface area contributed by atoms with Crippen LogP contribution in [0, 0.1) is 11.3 Å². The lowest BCUT2D eigenvalue weighted by molar-refractivity contribution is -0.118. The molecule has 2 nitrogen and oxygen atoms in total. The molecule has 0 N–H and O–H groups in total. The van der Waals surface area contributed by atoms with Crippen molar-refractivity contribution in [1.82, 2.24) is 0 Å². The van der Waals surface area contributed by atoms with E-state index in [9.17, 15) is 9.18 Å². The molecular weight excluding hydrogens is 157 g/mol. The molecule has 12 heavy (non-hydrogen) atoms. The molecule has 0 aliphatic carbocycles. The molecule has 1 unspecified atom stereocenters. The first-order chi connectivity index (χ1) is 5.75. The number of ketones is 1. The second-order valence-corrected chi connectivity index (χ2v) is 2.25. The summed E-state index contributed by atoms with van der Waals surface area (Å²) < 4.78 is 13.0. The van der Waals surface area contributed by atoms with Crippen molar-refractivity contribution in [1.29, 1.82) is 5.26 Å². The van der Waals surface area contributed by atoms with E-state index in [2.05, 4.69) is 0 Å². The Morgan fingerprint density at radius 1 is 1.42 bits per heavy atom. The Morgan fingerprint density at radius 3 is 2.50 bits per heavy atom. The lowest BCUT2D eigenvalue weighted by atomic mass is 10.1. The highest BCUT2D eigenvalue weighted by Crippen LogP contribution is 2.16. The molecule has 0 aliphatic heterocycles. The van der Waals surface area contributed by atoms with E-state index in [0.29, 0.717) is 0 Å². The van der Waals surface area contributed by atoms with Gasteiger partial charge >= 0.3 is 0 Å². The summed E-state index contributed by atoms with van der Waals surface area (Å²) in [5, 5.41) is 8.13. The number of nitriles is 1. The SMILES string of the molecule is N#CC(=O)C(F)c1ccccc1. The summed E-state index contributed by atoms with van der Waals surface area (Å²) in [4.78, 5) is 10.6. The molecule has 60 valence electrons. The highest BCUT2D eigenvalue weighted by Gasteiger charge is 2.17. The maximum atomic E-state index is 13.0. The Balaban J connectivity index is 2.87. The van der Waals surface area contributed by atoms with Crippen molar-refractivity contribution in [3.8, 4) is 6.07 Å². The van der Waals surface area contributed by atoms with Gasteiger partial charge in [0.2, 0.25) is 0 Å². The maximum absolute atomic E-state index is 13.0. The van der Waals surface area contributed by atoms with Crippen LogP contribution in [0.4, 0.5) is 4.39 Å². The highest BCUT2D eigenvalue weighted by atomic mass is 19.1. The quantitative estimate of drug-likeness (QED) is 0.623. The average molecular weight is 163 g/mol. The van der Waals surface area contributed by atoms with E-state index in [1.165, 1.54) is 18.2 Å². The minimum Gasteiger partial charge on any atom is -0.279 e. The van der Waals surface area contributed by atoms with Gasteiger partial charge in [-0.25, -0.2) is 4.39 Å². The average Bonchev–Trinajstić information content (AvgIpc) is 2.17. The molecule has 1 rings (SSSR count). The zero-order chi connectivity index (χ0) is 8.97. The number of benzene rings is 1. The lowest BCUT2D eigenvalue weighted by Crippen LogP contribution is -2.03. The fourth-order valence-electron chi connectivity index (χ4n) is 0.830. The highest BCUT2D eigenvalue weighted by molar-refractivity contribution is 5.97. The van der Waals surface area contributed by atoms with Gasteiger partial charge in [0.05, 0.1) is 0 Å². The van der Waals surface area contributed by atoms with Crippen LogP contribution in [0.5, 0.6) is 0 Å². The van der Waals surface area contributed by atoms with E-state index in [1.54, 1.807) is 18.2 Å². The number of carbonyl (C=O) groups excluding carboxylic acids is 1. The first kappa shape index (κ1) is 8.41. The zero-order valence-electron chi connectivity index (χ0n) is 6.20. The minimum absolute atomic E-state index is 0.226. The molecule has 0 aliphatic rings. The lowest BCUT2D eigenvalue weighted by Gasteiger charge is -2.00. The second kappa shape index (κ2) is 3.63. The van der Waals surface area contributed by atoms with E-state index < -0.39 is 12.0 Å². The van der Waals surface area contributed by atoms with Crippen molar-refractivity contribution in [2.24, 2.45) is 0 Å². The van der Waals surface area contributed by atoms with Crippen LogP contribution in [-0.4, -0.2) is 5.78 Å². The Kier molecular flexibility index (Phi) is 2.54. The number of hydrogen-bond donors (Lipinski definition) is 0. The van der Waals surface area contributed by atoms with Crippen LogP contribution in [0.15, 0.2) is 30.3 Å². The monoisotopic (exact) mass is 163 g/mol. The number of halogens is 1. The molecule has 1 atom stereocenters. The fraction of sp³-hybridized carbons (Fsp3) is 0.111. The Bertz CT molecular complexity index is 315.